The molecule has 0 unspecified atom stereocenters. The highest BCUT2D eigenvalue weighted by Gasteiger charge is 2.12. The Labute approximate surface area is 140 Å². The summed E-state index contributed by atoms with van der Waals surface area (Å²) in [6, 6.07) is 13.7. The smallest absolute Gasteiger partial charge is 0.344 e. The number of benzene rings is 2. The molecule has 0 heterocycles. The Kier molecular flexibility index (Phi) is 5.73. The normalized spacial score (nSPS) is 11.9. The number of hydrogen-bond donors (Lipinski definition) is 1. The summed E-state index contributed by atoms with van der Waals surface area (Å²) < 4.78 is 10.3. The zero-order valence-electron chi connectivity index (χ0n) is 13.4. The van der Waals surface area contributed by atoms with E-state index >= 15 is 0 Å². The van der Waals surface area contributed by atoms with Crippen LogP contribution in [-0.2, 0) is 4.79 Å². The van der Waals surface area contributed by atoms with Gasteiger partial charge in [0.25, 0.3) is 0 Å². The molecule has 24 heavy (non-hydrogen) atoms. The molecule has 2 rings (SSSR count). The van der Waals surface area contributed by atoms with Gasteiger partial charge >= 0.3 is 5.97 Å². The van der Waals surface area contributed by atoms with Gasteiger partial charge in [0, 0.05) is 5.56 Å². The van der Waals surface area contributed by atoms with Gasteiger partial charge in [0.1, 0.15) is 11.5 Å². The average Bonchev–Trinajstić information content (AvgIpc) is 2.60. The number of aliphatic carboxylic acids is 1. The lowest BCUT2D eigenvalue weighted by atomic mass is 10.1. The van der Waals surface area contributed by atoms with Crippen LogP contribution in [-0.4, -0.2) is 30.1 Å². The van der Waals surface area contributed by atoms with Crippen molar-refractivity contribution in [1.82, 2.24) is 0 Å². The summed E-state index contributed by atoms with van der Waals surface area (Å²) in [4.78, 5) is 22.9. The van der Waals surface area contributed by atoms with E-state index in [1.54, 1.807) is 37.5 Å². The first kappa shape index (κ1) is 17.3. The van der Waals surface area contributed by atoms with Gasteiger partial charge in [0.2, 0.25) is 0 Å². The Hall–Kier alpha value is -3.08. The molecule has 0 fully saturated rings. The SMILES string of the molecule is COc1ccc(/C=C\C(=O)c2ccc(O[C@H](C)C(=O)O)cc2)cc1. The van der Waals surface area contributed by atoms with Crippen molar-refractivity contribution in [1.29, 1.82) is 0 Å². The van der Waals surface area contributed by atoms with E-state index in [4.69, 9.17) is 14.6 Å². The summed E-state index contributed by atoms with van der Waals surface area (Å²) in [6.07, 6.45) is 2.26. The molecular weight excluding hydrogens is 308 g/mol. The molecule has 0 aliphatic heterocycles. The Balaban J connectivity index is 2.01. The predicted octanol–water partition coefficient (Wildman–Crippen LogP) is 3.44. The molecule has 0 bridgehead atoms. The fraction of sp³-hybridized carbons (Fsp3) is 0.158. The van der Waals surface area contributed by atoms with Gasteiger partial charge in [0.05, 0.1) is 7.11 Å². The molecular formula is C19H18O5. The zero-order chi connectivity index (χ0) is 17.5. The van der Waals surface area contributed by atoms with Gasteiger partial charge in [0.15, 0.2) is 11.9 Å². The minimum absolute atomic E-state index is 0.149. The van der Waals surface area contributed by atoms with Crippen LogP contribution in [0.1, 0.15) is 22.8 Å². The lowest BCUT2D eigenvalue weighted by molar-refractivity contribution is -0.144. The number of rotatable bonds is 7. The Morgan fingerprint density at radius 3 is 2.12 bits per heavy atom. The van der Waals surface area contributed by atoms with Gasteiger partial charge in [-0.1, -0.05) is 18.2 Å². The number of allylic oxidation sites excluding steroid dienone is 1. The highest BCUT2D eigenvalue weighted by atomic mass is 16.5. The standard InChI is InChI=1S/C19H18O5/c1-13(19(21)22)24-17-10-6-15(7-11-17)18(20)12-5-14-3-8-16(23-2)9-4-14/h3-13H,1-2H3,(H,21,22)/b12-5-/t13-/m1/s1. The van der Waals surface area contributed by atoms with Gasteiger partial charge in [-0.3, -0.25) is 4.79 Å². The molecule has 0 aliphatic rings. The average molecular weight is 326 g/mol. The summed E-state index contributed by atoms with van der Waals surface area (Å²) in [5.74, 6) is -0.0357. The van der Waals surface area contributed by atoms with Crippen LogP contribution >= 0.6 is 0 Å². The number of ketones is 1. The second kappa shape index (κ2) is 7.97. The monoisotopic (exact) mass is 326 g/mol. The van der Waals surface area contributed by atoms with Gasteiger partial charge in [-0.25, -0.2) is 4.79 Å². The third-order valence-electron chi connectivity index (χ3n) is 3.34. The summed E-state index contributed by atoms with van der Waals surface area (Å²) in [5.41, 5.74) is 1.38. The van der Waals surface area contributed by atoms with Crippen LogP contribution in [0.3, 0.4) is 0 Å². The van der Waals surface area contributed by atoms with E-state index in [2.05, 4.69) is 0 Å². The van der Waals surface area contributed by atoms with E-state index in [0.29, 0.717) is 11.3 Å². The minimum Gasteiger partial charge on any atom is -0.497 e. The van der Waals surface area contributed by atoms with Crippen LogP contribution in [0.4, 0.5) is 0 Å². The highest BCUT2D eigenvalue weighted by molar-refractivity contribution is 6.06. The summed E-state index contributed by atoms with van der Waals surface area (Å²) in [6.45, 7) is 1.44. The van der Waals surface area contributed by atoms with Crippen molar-refractivity contribution in [3.05, 3.63) is 65.7 Å². The second-order valence-corrected chi connectivity index (χ2v) is 5.09. The molecule has 0 saturated heterocycles. The van der Waals surface area contributed by atoms with Crippen LogP contribution in [0.25, 0.3) is 6.08 Å². The highest BCUT2D eigenvalue weighted by Crippen LogP contribution is 2.16. The quantitative estimate of drug-likeness (QED) is 0.623. The van der Waals surface area contributed by atoms with Gasteiger partial charge in [-0.15, -0.1) is 0 Å². The molecule has 1 N–H and O–H groups in total. The number of carboxylic acid groups (broad SMARTS) is 1. The molecule has 2 aromatic carbocycles. The fourth-order valence-corrected chi connectivity index (χ4v) is 1.94. The van der Waals surface area contributed by atoms with Crippen LogP contribution in [0, 0.1) is 0 Å². The number of hydrogen-bond acceptors (Lipinski definition) is 4. The number of carbonyl (C=O) groups is 2. The zero-order valence-corrected chi connectivity index (χ0v) is 13.4. The molecule has 5 nitrogen and oxygen atoms in total. The van der Waals surface area contributed by atoms with Crippen molar-refractivity contribution in [2.24, 2.45) is 0 Å². The summed E-state index contributed by atoms with van der Waals surface area (Å²) in [7, 11) is 1.60. The van der Waals surface area contributed by atoms with E-state index in [-0.39, 0.29) is 5.78 Å². The molecule has 124 valence electrons. The topological polar surface area (TPSA) is 72.8 Å². The van der Waals surface area contributed by atoms with Crippen molar-refractivity contribution in [2.45, 2.75) is 13.0 Å². The molecule has 2 aromatic rings. The van der Waals surface area contributed by atoms with Crippen molar-refractivity contribution in [3.63, 3.8) is 0 Å². The Bertz CT molecular complexity index is 729. The number of ether oxygens (including phenoxy) is 2. The third kappa shape index (κ3) is 4.71. The molecule has 5 heteroatoms. The van der Waals surface area contributed by atoms with Crippen LogP contribution in [0.15, 0.2) is 54.6 Å². The Morgan fingerprint density at radius 2 is 1.58 bits per heavy atom. The van der Waals surface area contributed by atoms with Crippen molar-refractivity contribution in [3.8, 4) is 11.5 Å². The number of methoxy groups -OCH3 is 1. The minimum atomic E-state index is -1.04. The molecule has 0 saturated carbocycles. The molecule has 0 spiro atoms. The van der Waals surface area contributed by atoms with Crippen LogP contribution in [0.2, 0.25) is 0 Å². The maximum atomic E-state index is 12.1. The van der Waals surface area contributed by atoms with Gasteiger partial charge in [-0.2, -0.15) is 0 Å². The van der Waals surface area contributed by atoms with Gasteiger partial charge in [-0.05, 0) is 55.0 Å². The van der Waals surface area contributed by atoms with Crippen molar-refractivity contribution in [2.75, 3.05) is 7.11 Å². The largest absolute Gasteiger partial charge is 0.497 e. The Morgan fingerprint density at radius 1 is 1.00 bits per heavy atom. The van der Waals surface area contributed by atoms with E-state index in [1.165, 1.54) is 13.0 Å². The van der Waals surface area contributed by atoms with Crippen molar-refractivity contribution < 1.29 is 24.2 Å². The fourth-order valence-electron chi connectivity index (χ4n) is 1.94. The molecule has 0 aromatic heterocycles. The summed E-state index contributed by atoms with van der Waals surface area (Å²) in [5, 5.41) is 8.80. The maximum absolute atomic E-state index is 12.1. The van der Waals surface area contributed by atoms with E-state index in [1.807, 2.05) is 24.3 Å². The van der Waals surface area contributed by atoms with Crippen molar-refractivity contribution >= 4 is 17.8 Å². The predicted molar refractivity (Wildman–Crippen MR) is 90.5 cm³/mol. The number of carboxylic acids is 1. The van der Waals surface area contributed by atoms with E-state index < -0.39 is 12.1 Å². The van der Waals surface area contributed by atoms with E-state index in [9.17, 15) is 9.59 Å². The molecule has 0 amide bonds. The second-order valence-electron chi connectivity index (χ2n) is 5.09. The number of carbonyl (C=O) groups excluding carboxylic acids is 1. The molecule has 0 radical (unpaired) electrons. The first-order valence-electron chi connectivity index (χ1n) is 7.35. The lowest BCUT2D eigenvalue weighted by Crippen LogP contribution is -2.22. The first-order chi connectivity index (χ1) is 11.5. The first-order valence-corrected chi connectivity index (χ1v) is 7.35. The van der Waals surface area contributed by atoms with Crippen LogP contribution in [0.5, 0.6) is 11.5 Å². The van der Waals surface area contributed by atoms with Gasteiger partial charge < -0.3 is 14.6 Å². The third-order valence-corrected chi connectivity index (χ3v) is 3.34. The maximum Gasteiger partial charge on any atom is 0.344 e. The molecule has 1 atom stereocenters. The lowest BCUT2D eigenvalue weighted by Gasteiger charge is -2.10. The summed E-state index contributed by atoms with van der Waals surface area (Å²) >= 11 is 0. The van der Waals surface area contributed by atoms with E-state index in [0.717, 1.165) is 11.3 Å². The van der Waals surface area contributed by atoms with Crippen LogP contribution < -0.4 is 9.47 Å². The molecule has 0 aliphatic carbocycles.